The van der Waals surface area contributed by atoms with E-state index in [4.69, 9.17) is 15.2 Å². The molecule has 164 valence electrons. The van der Waals surface area contributed by atoms with Gasteiger partial charge in [-0.2, -0.15) is 0 Å². The van der Waals surface area contributed by atoms with Gasteiger partial charge in [0.05, 0.1) is 19.8 Å². The van der Waals surface area contributed by atoms with Gasteiger partial charge in [-0.25, -0.2) is 4.57 Å². The van der Waals surface area contributed by atoms with E-state index in [0.29, 0.717) is 42.5 Å². The van der Waals surface area contributed by atoms with Crippen molar-refractivity contribution in [1.29, 1.82) is 0 Å². The minimum atomic E-state index is -0.433. The van der Waals surface area contributed by atoms with E-state index >= 15 is 0 Å². The van der Waals surface area contributed by atoms with Crippen molar-refractivity contribution in [2.45, 2.75) is 13.5 Å². The van der Waals surface area contributed by atoms with Gasteiger partial charge in [0.1, 0.15) is 16.7 Å². The quantitative estimate of drug-likeness (QED) is 0.340. The molecule has 9 heteroatoms. The Balaban J connectivity index is 1.82. The van der Waals surface area contributed by atoms with Gasteiger partial charge in [0.2, 0.25) is 11.5 Å². The van der Waals surface area contributed by atoms with Gasteiger partial charge in [-0.05, 0) is 49.4 Å². The second-order valence-corrected chi connectivity index (χ2v) is 7.08. The molecule has 0 aliphatic rings. The smallest absolute Gasteiger partial charge is 0.278 e. The van der Waals surface area contributed by atoms with Crippen molar-refractivity contribution >= 4 is 34.1 Å². The van der Waals surface area contributed by atoms with Gasteiger partial charge in [0.25, 0.3) is 17.1 Å². The zero-order chi connectivity index (χ0) is 22.7. The summed E-state index contributed by atoms with van der Waals surface area (Å²) >= 11 is 0. The average molecular weight is 434 g/mol. The number of rotatable bonds is 7. The molecular weight excluding hydrogens is 410 g/mol. The Morgan fingerprint density at radius 3 is 2.72 bits per heavy atom. The van der Waals surface area contributed by atoms with Gasteiger partial charge < -0.3 is 20.5 Å². The Labute approximate surface area is 184 Å². The highest BCUT2D eigenvalue weighted by atomic mass is 16.5. The van der Waals surface area contributed by atoms with Crippen molar-refractivity contribution in [1.82, 2.24) is 9.38 Å². The lowest BCUT2D eigenvalue weighted by molar-refractivity contribution is -0.660. The molecule has 0 unspecified atom stereocenters. The molecule has 3 aromatic heterocycles. The number of nitrogens with zero attached hydrogens (tertiary/aromatic N) is 3. The number of nitrogens with two attached hydrogens (primary N) is 1. The Hall–Kier alpha value is -3.98. The van der Waals surface area contributed by atoms with Crippen LogP contribution < -0.4 is 25.9 Å². The zero-order valence-corrected chi connectivity index (χ0v) is 17.9. The number of carbonyl (C=O) groups is 1. The first-order valence-electron chi connectivity index (χ1n) is 10.2. The summed E-state index contributed by atoms with van der Waals surface area (Å²) in [5.41, 5.74) is 7.74. The Bertz CT molecular complexity index is 1350. The summed E-state index contributed by atoms with van der Waals surface area (Å²) in [5.74, 6) is 0.474. The van der Waals surface area contributed by atoms with E-state index in [-0.39, 0.29) is 22.3 Å². The molecule has 0 aliphatic carbocycles. The van der Waals surface area contributed by atoms with Crippen molar-refractivity contribution in [3.05, 3.63) is 70.6 Å². The molecule has 0 atom stereocenters. The third kappa shape index (κ3) is 3.97. The molecule has 4 aromatic rings. The Morgan fingerprint density at radius 2 is 2.00 bits per heavy atom. The first kappa shape index (κ1) is 21.3. The van der Waals surface area contributed by atoms with Gasteiger partial charge in [0, 0.05) is 19.0 Å². The van der Waals surface area contributed by atoms with E-state index in [2.05, 4.69) is 10.3 Å². The van der Waals surface area contributed by atoms with Crippen LogP contribution in [0.25, 0.3) is 16.7 Å². The Kier molecular flexibility index (Phi) is 6.00. The van der Waals surface area contributed by atoms with Crippen LogP contribution in [0.3, 0.4) is 0 Å². The second kappa shape index (κ2) is 9.03. The lowest BCUT2D eigenvalue weighted by Gasteiger charge is -2.12. The summed E-state index contributed by atoms with van der Waals surface area (Å²) in [5, 5.41) is 3.11. The lowest BCUT2D eigenvalue weighted by Crippen LogP contribution is -2.43. The van der Waals surface area contributed by atoms with Crippen LogP contribution >= 0.6 is 0 Å². The molecule has 0 fully saturated rings. The number of methoxy groups -OCH3 is 1. The molecule has 0 spiro atoms. The van der Waals surface area contributed by atoms with E-state index in [1.54, 1.807) is 60.3 Å². The van der Waals surface area contributed by atoms with Crippen LogP contribution in [-0.4, -0.2) is 35.6 Å². The molecule has 3 N–H and O–H groups in total. The average Bonchev–Trinajstić information content (AvgIpc) is 2.80. The Morgan fingerprint density at radius 1 is 1.22 bits per heavy atom. The van der Waals surface area contributed by atoms with Crippen molar-refractivity contribution in [2.24, 2.45) is 0 Å². The highest BCUT2D eigenvalue weighted by Crippen LogP contribution is 2.19. The molecule has 4 rings (SSSR count). The number of aromatic nitrogens is 3. The third-order valence-corrected chi connectivity index (χ3v) is 5.05. The maximum Gasteiger partial charge on any atom is 0.278 e. The topological polar surface area (TPSA) is 112 Å². The number of amides is 1. The minimum Gasteiger partial charge on any atom is -0.494 e. The zero-order valence-electron chi connectivity index (χ0n) is 17.9. The molecule has 0 bridgehead atoms. The number of benzene rings is 1. The number of nitrogen functional groups attached to an aromatic ring is 1. The number of ether oxygens (including phenoxy) is 2. The molecular formula is C23H24N5O4+. The van der Waals surface area contributed by atoms with Gasteiger partial charge >= 0.3 is 0 Å². The van der Waals surface area contributed by atoms with Crippen LogP contribution in [-0.2, 0) is 11.3 Å². The van der Waals surface area contributed by atoms with Crippen LogP contribution in [0, 0.1) is 0 Å². The highest BCUT2D eigenvalue weighted by Gasteiger charge is 2.24. The van der Waals surface area contributed by atoms with Crippen LogP contribution in [0.1, 0.15) is 17.3 Å². The number of hydrogen-bond donors (Lipinski definition) is 2. The molecule has 9 nitrogen and oxygen atoms in total. The minimum absolute atomic E-state index is 0.178. The standard InChI is InChI=1S/C23H23N5O4/c1-3-32-16-9-7-15(8-10-16)25-22(29)17-14-18-21(28(20(17)24)12-13-31-2)26-19-6-4-5-11-27(19)23(18)30/h4-11,14,24H,3,12-13H2,1-2H3,(H,25,29)/p+1. The SMILES string of the molecule is CCOc1ccc(NC(=O)c2cc3c(=O)n4ccccc4nc3[n+](CCOC)c2N)cc1. The third-order valence-electron chi connectivity index (χ3n) is 5.05. The number of anilines is 2. The predicted octanol–water partition coefficient (Wildman–Crippen LogP) is 2.01. The summed E-state index contributed by atoms with van der Waals surface area (Å²) in [6, 6.07) is 13.8. The summed E-state index contributed by atoms with van der Waals surface area (Å²) in [6.45, 7) is 3.12. The van der Waals surface area contributed by atoms with E-state index in [1.165, 1.54) is 10.5 Å². The number of hydrogen-bond acceptors (Lipinski definition) is 6. The first-order valence-corrected chi connectivity index (χ1v) is 10.2. The van der Waals surface area contributed by atoms with Crippen molar-refractivity contribution in [2.75, 3.05) is 31.4 Å². The fraction of sp³-hybridized carbons (Fsp3) is 0.217. The van der Waals surface area contributed by atoms with Crippen LogP contribution in [0.4, 0.5) is 11.5 Å². The molecule has 32 heavy (non-hydrogen) atoms. The first-order chi connectivity index (χ1) is 15.5. The number of pyridine rings is 2. The van der Waals surface area contributed by atoms with E-state index < -0.39 is 5.91 Å². The summed E-state index contributed by atoms with van der Waals surface area (Å²) in [4.78, 5) is 30.9. The fourth-order valence-corrected chi connectivity index (χ4v) is 3.49. The molecule has 0 aliphatic heterocycles. The summed E-state index contributed by atoms with van der Waals surface area (Å²) < 4.78 is 13.7. The summed E-state index contributed by atoms with van der Waals surface area (Å²) in [7, 11) is 1.57. The number of nitrogens with one attached hydrogen (secondary N) is 1. The number of fused-ring (bicyclic) bond motifs is 2. The maximum absolute atomic E-state index is 13.1. The molecule has 1 aromatic carbocycles. The second-order valence-electron chi connectivity index (χ2n) is 7.08. The maximum atomic E-state index is 13.1. The largest absolute Gasteiger partial charge is 0.494 e. The highest BCUT2D eigenvalue weighted by molar-refractivity contribution is 6.08. The predicted molar refractivity (Wildman–Crippen MR) is 121 cm³/mol. The van der Waals surface area contributed by atoms with Crippen LogP contribution in [0.15, 0.2) is 59.5 Å². The molecule has 0 saturated heterocycles. The van der Waals surface area contributed by atoms with Gasteiger partial charge in [-0.1, -0.05) is 11.1 Å². The molecule has 1 amide bonds. The fourth-order valence-electron chi connectivity index (χ4n) is 3.49. The summed E-state index contributed by atoms with van der Waals surface area (Å²) in [6.07, 6.45) is 1.64. The lowest BCUT2D eigenvalue weighted by atomic mass is 10.1. The van der Waals surface area contributed by atoms with Crippen LogP contribution in [0.5, 0.6) is 5.75 Å². The van der Waals surface area contributed by atoms with E-state index in [0.717, 1.165) is 0 Å². The van der Waals surface area contributed by atoms with Crippen molar-refractivity contribution in [3.8, 4) is 5.75 Å². The molecule has 0 radical (unpaired) electrons. The van der Waals surface area contributed by atoms with Crippen molar-refractivity contribution < 1.29 is 18.8 Å². The van der Waals surface area contributed by atoms with Crippen LogP contribution in [0.2, 0.25) is 0 Å². The van der Waals surface area contributed by atoms with Gasteiger partial charge in [0.15, 0.2) is 0 Å². The van der Waals surface area contributed by atoms with Gasteiger partial charge in [-0.15, -0.1) is 0 Å². The normalized spacial score (nSPS) is 11.1. The molecule has 3 heterocycles. The van der Waals surface area contributed by atoms with Crippen molar-refractivity contribution in [3.63, 3.8) is 0 Å². The van der Waals surface area contributed by atoms with E-state index in [1.807, 2.05) is 6.92 Å². The van der Waals surface area contributed by atoms with Gasteiger partial charge in [-0.3, -0.25) is 14.0 Å². The van der Waals surface area contributed by atoms with E-state index in [9.17, 15) is 9.59 Å². The molecule has 0 saturated carbocycles. The monoisotopic (exact) mass is 434 g/mol. The number of carbonyl (C=O) groups excluding carboxylic acids is 1.